The fourth-order valence-electron chi connectivity index (χ4n) is 3.15. The lowest BCUT2D eigenvalue weighted by Crippen LogP contribution is -2.50. The van der Waals surface area contributed by atoms with Gasteiger partial charge in [0.2, 0.25) is 0 Å². The molecule has 3 nitrogen and oxygen atoms in total. The molecule has 2 aromatic rings. The van der Waals surface area contributed by atoms with Gasteiger partial charge in [0, 0.05) is 37.6 Å². The molecule has 0 saturated carbocycles. The zero-order chi connectivity index (χ0) is 17.1. The Morgan fingerprint density at radius 2 is 1.54 bits per heavy atom. The predicted molar refractivity (Wildman–Crippen MR) is 107 cm³/mol. The summed E-state index contributed by atoms with van der Waals surface area (Å²) in [5.74, 6) is 0. The summed E-state index contributed by atoms with van der Waals surface area (Å²) in [5, 5.41) is 4.25. The number of hydrogen-bond donors (Lipinski definition) is 1. The van der Waals surface area contributed by atoms with E-state index in [0.29, 0.717) is 0 Å². The molecule has 1 saturated heterocycles. The van der Waals surface area contributed by atoms with Crippen LogP contribution in [0.1, 0.15) is 16.7 Å². The number of benzene rings is 2. The molecule has 1 N–H and O–H groups in total. The van der Waals surface area contributed by atoms with Gasteiger partial charge in [0.1, 0.15) is 0 Å². The molecule has 1 aliphatic heterocycles. The molecule has 1 fully saturated rings. The summed E-state index contributed by atoms with van der Waals surface area (Å²) in [7, 11) is 0. The number of nitrogens with one attached hydrogen (secondary N) is 1. The van der Waals surface area contributed by atoms with Crippen molar-refractivity contribution in [1.82, 2.24) is 4.90 Å². The maximum absolute atomic E-state index is 5.64. The fourth-order valence-corrected chi connectivity index (χ4v) is 3.44. The molecule has 24 heavy (non-hydrogen) atoms. The zero-order valence-corrected chi connectivity index (χ0v) is 15.5. The van der Waals surface area contributed by atoms with Crippen LogP contribution in [-0.4, -0.2) is 36.2 Å². The van der Waals surface area contributed by atoms with Crippen molar-refractivity contribution in [2.75, 3.05) is 36.4 Å². The van der Waals surface area contributed by atoms with Gasteiger partial charge in [-0.05, 0) is 61.8 Å². The Labute approximate surface area is 150 Å². The molecule has 2 aromatic carbocycles. The topological polar surface area (TPSA) is 18.5 Å². The normalized spacial score (nSPS) is 14.6. The minimum absolute atomic E-state index is 0.827. The first-order valence-corrected chi connectivity index (χ1v) is 8.90. The molecule has 3 rings (SSSR count). The van der Waals surface area contributed by atoms with Crippen LogP contribution in [0.25, 0.3) is 0 Å². The van der Waals surface area contributed by atoms with E-state index >= 15 is 0 Å². The van der Waals surface area contributed by atoms with Gasteiger partial charge in [-0.25, -0.2) is 0 Å². The maximum atomic E-state index is 5.64. The van der Waals surface area contributed by atoms with E-state index < -0.39 is 0 Å². The van der Waals surface area contributed by atoms with E-state index in [-0.39, 0.29) is 0 Å². The van der Waals surface area contributed by atoms with Crippen LogP contribution in [0.5, 0.6) is 0 Å². The van der Waals surface area contributed by atoms with Crippen LogP contribution < -0.4 is 10.2 Å². The highest BCUT2D eigenvalue weighted by molar-refractivity contribution is 7.80. The van der Waals surface area contributed by atoms with Crippen molar-refractivity contribution in [3.05, 3.63) is 59.2 Å². The number of nitrogens with zero attached hydrogens (tertiary/aromatic N) is 2. The van der Waals surface area contributed by atoms with Crippen molar-refractivity contribution in [2.24, 2.45) is 0 Å². The van der Waals surface area contributed by atoms with Gasteiger partial charge in [0.15, 0.2) is 5.11 Å². The molecular formula is C20H25N3S. The second-order valence-electron chi connectivity index (χ2n) is 6.44. The maximum Gasteiger partial charge on any atom is 0.173 e. The van der Waals surface area contributed by atoms with Crippen LogP contribution in [0.4, 0.5) is 11.4 Å². The number of thiocarbonyl (C=S) groups is 1. The van der Waals surface area contributed by atoms with Gasteiger partial charge < -0.3 is 15.1 Å². The van der Waals surface area contributed by atoms with Gasteiger partial charge >= 0.3 is 0 Å². The minimum atomic E-state index is 0.827. The van der Waals surface area contributed by atoms with Crippen molar-refractivity contribution in [3.63, 3.8) is 0 Å². The number of rotatable bonds is 2. The molecule has 0 radical (unpaired) electrons. The zero-order valence-electron chi connectivity index (χ0n) is 14.7. The number of piperazine rings is 1. The molecule has 0 aliphatic carbocycles. The Bertz CT molecular complexity index is 733. The van der Waals surface area contributed by atoms with E-state index in [0.717, 1.165) is 37.0 Å². The quantitative estimate of drug-likeness (QED) is 0.829. The highest BCUT2D eigenvalue weighted by Crippen LogP contribution is 2.22. The first-order valence-electron chi connectivity index (χ1n) is 8.49. The molecule has 0 unspecified atom stereocenters. The third-order valence-corrected chi connectivity index (χ3v) is 5.23. The van der Waals surface area contributed by atoms with Crippen LogP contribution in [0, 0.1) is 20.8 Å². The molecule has 1 aliphatic rings. The summed E-state index contributed by atoms with van der Waals surface area (Å²) in [6.07, 6.45) is 0. The van der Waals surface area contributed by atoms with Gasteiger partial charge in [-0.15, -0.1) is 0 Å². The highest BCUT2D eigenvalue weighted by atomic mass is 32.1. The monoisotopic (exact) mass is 339 g/mol. The standard InChI is InChI=1S/C20H25N3S/c1-15-8-6-9-18(17(15)3)21-20(24)23-13-11-22(12-14-23)19-10-5-4-7-16(19)2/h4-10H,11-14H2,1-3H3,(H,21,24). The molecule has 0 amide bonds. The molecule has 1 heterocycles. The van der Waals surface area contributed by atoms with E-state index in [4.69, 9.17) is 12.2 Å². The fraction of sp³-hybridized carbons (Fsp3) is 0.350. The lowest BCUT2D eigenvalue weighted by Gasteiger charge is -2.38. The van der Waals surface area contributed by atoms with Crippen LogP contribution >= 0.6 is 12.2 Å². The minimum Gasteiger partial charge on any atom is -0.368 e. The largest absolute Gasteiger partial charge is 0.368 e. The van der Waals surface area contributed by atoms with Crippen LogP contribution in [0.3, 0.4) is 0 Å². The molecule has 126 valence electrons. The smallest absolute Gasteiger partial charge is 0.173 e. The van der Waals surface area contributed by atoms with Crippen molar-refractivity contribution >= 4 is 28.7 Å². The Balaban J connectivity index is 1.61. The first kappa shape index (κ1) is 16.8. The number of para-hydroxylation sites is 1. The highest BCUT2D eigenvalue weighted by Gasteiger charge is 2.20. The van der Waals surface area contributed by atoms with Crippen molar-refractivity contribution in [3.8, 4) is 0 Å². The molecule has 0 spiro atoms. The third kappa shape index (κ3) is 3.54. The predicted octanol–water partition coefficient (Wildman–Crippen LogP) is 4.13. The van der Waals surface area contributed by atoms with E-state index in [9.17, 15) is 0 Å². The van der Waals surface area contributed by atoms with Gasteiger partial charge in [0.05, 0.1) is 0 Å². The summed E-state index contributed by atoms with van der Waals surface area (Å²) >= 11 is 5.64. The second-order valence-corrected chi connectivity index (χ2v) is 6.82. The number of anilines is 2. The molecule has 0 bridgehead atoms. The van der Waals surface area contributed by atoms with E-state index in [2.05, 4.69) is 78.4 Å². The van der Waals surface area contributed by atoms with Crippen molar-refractivity contribution < 1.29 is 0 Å². The Kier molecular flexibility index (Phi) is 5.05. The van der Waals surface area contributed by atoms with Crippen LogP contribution in [0.2, 0.25) is 0 Å². The SMILES string of the molecule is Cc1ccccc1N1CCN(C(=S)Nc2cccc(C)c2C)CC1. The van der Waals surface area contributed by atoms with Crippen LogP contribution in [0.15, 0.2) is 42.5 Å². The van der Waals surface area contributed by atoms with Crippen LogP contribution in [-0.2, 0) is 0 Å². The lowest BCUT2D eigenvalue weighted by molar-refractivity contribution is 0.390. The number of hydrogen-bond acceptors (Lipinski definition) is 2. The first-order chi connectivity index (χ1) is 11.6. The lowest BCUT2D eigenvalue weighted by atomic mass is 10.1. The van der Waals surface area contributed by atoms with E-state index in [1.807, 2.05) is 0 Å². The second kappa shape index (κ2) is 7.22. The van der Waals surface area contributed by atoms with Gasteiger partial charge in [-0.3, -0.25) is 0 Å². The average molecular weight is 340 g/mol. The Morgan fingerprint density at radius 1 is 0.875 bits per heavy atom. The van der Waals surface area contributed by atoms with Crippen molar-refractivity contribution in [1.29, 1.82) is 0 Å². The third-order valence-electron chi connectivity index (χ3n) is 4.87. The average Bonchev–Trinajstić information content (AvgIpc) is 2.59. The summed E-state index contributed by atoms with van der Waals surface area (Å²) in [5.41, 5.74) is 6.33. The molecular weight excluding hydrogens is 314 g/mol. The summed E-state index contributed by atoms with van der Waals surface area (Å²) in [6, 6.07) is 14.9. The molecule has 4 heteroatoms. The van der Waals surface area contributed by atoms with Gasteiger partial charge in [-0.1, -0.05) is 30.3 Å². The summed E-state index contributed by atoms with van der Waals surface area (Å²) < 4.78 is 0. The Morgan fingerprint density at radius 3 is 2.25 bits per heavy atom. The van der Waals surface area contributed by atoms with Gasteiger partial charge in [0.25, 0.3) is 0 Å². The molecule has 0 atom stereocenters. The van der Waals surface area contributed by atoms with Crippen molar-refractivity contribution in [2.45, 2.75) is 20.8 Å². The van der Waals surface area contributed by atoms with E-state index in [1.165, 1.54) is 22.4 Å². The van der Waals surface area contributed by atoms with Gasteiger partial charge in [-0.2, -0.15) is 0 Å². The summed E-state index contributed by atoms with van der Waals surface area (Å²) in [4.78, 5) is 4.72. The van der Waals surface area contributed by atoms with E-state index in [1.54, 1.807) is 0 Å². The molecule has 0 aromatic heterocycles. The number of aryl methyl sites for hydroxylation is 2. The summed E-state index contributed by atoms with van der Waals surface area (Å²) in [6.45, 7) is 10.3. The Hall–Kier alpha value is -2.07.